The summed E-state index contributed by atoms with van der Waals surface area (Å²) in [5.74, 6) is 0.867. The second kappa shape index (κ2) is 7.55. The summed E-state index contributed by atoms with van der Waals surface area (Å²) in [6.07, 6.45) is 6.45. The van der Waals surface area contributed by atoms with E-state index in [-0.39, 0.29) is 0 Å². The van der Waals surface area contributed by atoms with Gasteiger partial charge >= 0.3 is 0 Å². The van der Waals surface area contributed by atoms with Crippen LogP contribution in [0.3, 0.4) is 0 Å². The Balaban J connectivity index is 1.71. The number of hydrogen-bond donors (Lipinski definition) is 1. The molecular formula is C16H25NO. The Morgan fingerprint density at radius 1 is 1.17 bits per heavy atom. The summed E-state index contributed by atoms with van der Waals surface area (Å²) in [7, 11) is 1.77. The lowest BCUT2D eigenvalue weighted by molar-refractivity contribution is 0.192. The Morgan fingerprint density at radius 2 is 1.94 bits per heavy atom. The van der Waals surface area contributed by atoms with Crippen molar-refractivity contribution in [1.29, 1.82) is 0 Å². The Bertz CT molecular complexity index is 321. The van der Waals surface area contributed by atoms with Crippen LogP contribution in [0.25, 0.3) is 0 Å². The maximum Gasteiger partial charge on any atom is 0.0462 e. The highest BCUT2D eigenvalue weighted by atomic mass is 16.5. The van der Waals surface area contributed by atoms with Crippen LogP contribution in [-0.4, -0.2) is 20.3 Å². The highest BCUT2D eigenvalue weighted by molar-refractivity contribution is 5.21. The molecule has 0 heterocycles. The van der Waals surface area contributed by atoms with Crippen LogP contribution >= 0.6 is 0 Å². The smallest absolute Gasteiger partial charge is 0.0462 e. The summed E-state index contributed by atoms with van der Waals surface area (Å²) >= 11 is 0. The van der Waals surface area contributed by atoms with E-state index in [1.807, 2.05) is 0 Å². The highest BCUT2D eigenvalue weighted by Gasteiger charge is 2.31. The fourth-order valence-electron chi connectivity index (χ4n) is 2.45. The van der Waals surface area contributed by atoms with Gasteiger partial charge in [0.1, 0.15) is 0 Å². The Labute approximate surface area is 111 Å². The molecule has 0 spiro atoms. The van der Waals surface area contributed by atoms with Crippen molar-refractivity contribution in [2.45, 2.75) is 38.1 Å². The summed E-state index contributed by atoms with van der Waals surface area (Å²) < 4.78 is 5.07. The molecular weight excluding hydrogens is 222 g/mol. The summed E-state index contributed by atoms with van der Waals surface area (Å²) in [6, 6.07) is 11.5. The van der Waals surface area contributed by atoms with E-state index in [0.29, 0.717) is 6.04 Å². The van der Waals surface area contributed by atoms with Crippen molar-refractivity contribution < 1.29 is 4.74 Å². The van der Waals surface area contributed by atoms with Gasteiger partial charge in [0.25, 0.3) is 0 Å². The van der Waals surface area contributed by atoms with Crippen LogP contribution in [0.5, 0.6) is 0 Å². The molecule has 0 amide bonds. The van der Waals surface area contributed by atoms with Crippen molar-refractivity contribution in [3.8, 4) is 0 Å². The van der Waals surface area contributed by atoms with Gasteiger partial charge in [-0.15, -0.1) is 0 Å². The topological polar surface area (TPSA) is 21.3 Å². The van der Waals surface area contributed by atoms with Gasteiger partial charge < -0.3 is 10.1 Å². The van der Waals surface area contributed by atoms with Gasteiger partial charge in [0.05, 0.1) is 0 Å². The lowest BCUT2D eigenvalue weighted by atomic mass is 10.0. The first-order valence-electron chi connectivity index (χ1n) is 7.19. The molecule has 1 atom stereocenters. The molecule has 0 aromatic heterocycles. The van der Waals surface area contributed by atoms with Crippen molar-refractivity contribution in [2.75, 3.05) is 20.3 Å². The number of nitrogens with one attached hydrogen (secondary N) is 1. The predicted molar refractivity (Wildman–Crippen MR) is 75.6 cm³/mol. The molecule has 18 heavy (non-hydrogen) atoms. The van der Waals surface area contributed by atoms with E-state index >= 15 is 0 Å². The van der Waals surface area contributed by atoms with E-state index in [9.17, 15) is 0 Å². The number of hydrogen-bond acceptors (Lipinski definition) is 2. The average Bonchev–Trinajstić information content (AvgIpc) is 3.23. The molecule has 1 aromatic carbocycles. The van der Waals surface area contributed by atoms with E-state index in [1.54, 1.807) is 7.11 Å². The van der Waals surface area contributed by atoms with Crippen molar-refractivity contribution in [3.63, 3.8) is 0 Å². The first kappa shape index (κ1) is 13.6. The molecule has 0 saturated heterocycles. The first-order chi connectivity index (χ1) is 8.92. The van der Waals surface area contributed by atoms with Crippen molar-refractivity contribution >= 4 is 0 Å². The Hall–Kier alpha value is -0.860. The molecule has 1 aromatic rings. The van der Waals surface area contributed by atoms with Crippen LogP contribution in [-0.2, 0) is 4.74 Å². The molecule has 2 rings (SSSR count). The minimum absolute atomic E-state index is 0.577. The third-order valence-corrected chi connectivity index (χ3v) is 3.64. The molecule has 100 valence electrons. The molecule has 2 nitrogen and oxygen atoms in total. The first-order valence-corrected chi connectivity index (χ1v) is 7.19. The largest absolute Gasteiger partial charge is 0.385 e. The monoisotopic (exact) mass is 247 g/mol. The number of unbranched alkanes of at least 4 members (excludes halogenated alkanes) is 2. The second-order valence-electron chi connectivity index (χ2n) is 5.23. The molecule has 1 aliphatic carbocycles. The summed E-state index contributed by atoms with van der Waals surface area (Å²) in [6.45, 7) is 2.02. The van der Waals surface area contributed by atoms with Gasteiger partial charge in [0, 0.05) is 19.8 Å². The molecule has 1 saturated carbocycles. The summed E-state index contributed by atoms with van der Waals surface area (Å²) in [5, 5.41) is 3.73. The van der Waals surface area contributed by atoms with Crippen LogP contribution in [0.15, 0.2) is 30.3 Å². The van der Waals surface area contributed by atoms with E-state index in [2.05, 4.69) is 35.6 Å². The van der Waals surface area contributed by atoms with Gasteiger partial charge in [0.15, 0.2) is 0 Å². The van der Waals surface area contributed by atoms with Gasteiger partial charge in [-0.1, -0.05) is 30.3 Å². The van der Waals surface area contributed by atoms with Crippen LogP contribution in [0.2, 0.25) is 0 Å². The van der Waals surface area contributed by atoms with Crippen LogP contribution in [0, 0.1) is 5.92 Å². The summed E-state index contributed by atoms with van der Waals surface area (Å²) in [4.78, 5) is 0. The SMILES string of the molecule is COCCCCCNC(c1ccccc1)C1CC1. The van der Waals surface area contributed by atoms with Gasteiger partial charge in [-0.05, 0) is 50.1 Å². The minimum Gasteiger partial charge on any atom is -0.385 e. The number of rotatable bonds is 9. The van der Waals surface area contributed by atoms with Crippen molar-refractivity contribution in [2.24, 2.45) is 5.92 Å². The van der Waals surface area contributed by atoms with E-state index in [4.69, 9.17) is 4.74 Å². The third kappa shape index (κ3) is 4.43. The molecule has 0 aliphatic heterocycles. The quantitative estimate of drug-likeness (QED) is 0.674. The predicted octanol–water partition coefficient (Wildman–Crippen LogP) is 3.54. The van der Waals surface area contributed by atoms with E-state index in [0.717, 1.165) is 19.1 Å². The van der Waals surface area contributed by atoms with Gasteiger partial charge in [-0.25, -0.2) is 0 Å². The number of ether oxygens (including phenoxy) is 1. The number of benzene rings is 1. The fraction of sp³-hybridized carbons (Fsp3) is 0.625. The third-order valence-electron chi connectivity index (χ3n) is 3.64. The lowest BCUT2D eigenvalue weighted by Crippen LogP contribution is -2.24. The van der Waals surface area contributed by atoms with E-state index in [1.165, 1.54) is 37.7 Å². The molecule has 0 radical (unpaired) electrons. The fourth-order valence-corrected chi connectivity index (χ4v) is 2.45. The standard InChI is InChI=1S/C16H25NO/c1-18-13-7-3-6-12-17-16(15-10-11-15)14-8-4-2-5-9-14/h2,4-5,8-9,15-17H,3,6-7,10-13H2,1H3. The molecule has 1 unspecified atom stereocenters. The normalized spacial score (nSPS) is 16.7. The van der Waals surface area contributed by atoms with Gasteiger partial charge in [-0.3, -0.25) is 0 Å². The lowest BCUT2D eigenvalue weighted by Gasteiger charge is -2.18. The zero-order valence-electron chi connectivity index (χ0n) is 11.4. The number of methoxy groups -OCH3 is 1. The van der Waals surface area contributed by atoms with Gasteiger partial charge in [0.2, 0.25) is 0 Å². The van der Waals surface area contributed by atoms with Crippen molar-refractivity contribution in [3.05, 3.63) is 35.9 Å². The molecule has 1 N–H and O–H groups in total. The van der Waals surface area contributed by atoms with Crippen LogP contribution < -0.4 is 5.32 Å². The highest BCUT2D eigenvalue weighted by Crippen LogP contribution is 2.40. The molecule has 2 heteroatoms. The minimum atomic E-state index is 0.577. The molecule has 1 aliphatic rings. The molecule has 1 fully saturated rings. The van der Waals surface area contributed by atoms with Crippen LogP contribution in [0.1, 0.15) is 43.7 Å². The maximum absolute atomic E-state index is 5.07. The Kier molecular flexibility index (Phi) is 5.69. The van der Waals surface area contributed by atoms with Crippen LogP contribution in [0.4, 0.5) is 0 Å². The second-order valence-corrected chi connectivity index (χ2v) is 5.23. The molecule has 0 bridgehead atoms. The van der Waals surface area contributed by atoms with Crippen molar-refractivity contribution in [1.82, 2.24) is 5.32 Å². The van der Waals surface area contributed by atoms with Gasteiger partial charge in [-0.2, -0.15) is 0 Å². The van der Waals surface area contributed by atoms with E-state index < -0.39 is 0 Å². The average molecular weight is 247 g/mol. The maximum atomic E-state index is 5.07. The summed E-state index contributed by atoms with van der Waals surface area (Å²) in [5.41, 5.74) is 1.46. The Morgan fingerprint density at radius 3 is 2.61 bits per heavy atom. The zero-order valence-corrected chi connectivity index (χ0v) is 11.4. The zero-order chi connectivity index (χ0) is 12.6.